The predicted octanol–water partition coefficient (Wildman–Crippen LogP) is 2.74. The summed E-state index contributed by atoms with van der Waals surface area (Å²) in [7, 11) is 1.54. The zero-order chi connectivity index (χ0) is 17.1. The van der Waals surface area contributed by atoms with Crippen LogP contribution in [0.2, 0.25) is 0 Å². The van der Waals surface area contributed by atoms with Gasteiger partial charge in [-0.15, -0.1) is 0 Å². The number of methoxy groups -OCH3 is 1. The molecular weight excluding hydrogens is 306 g/mol. The maximum absolute atomic E-state index is 12.6. The molecule has 0 spiro atoms. The van der Waals surface area contributed by atoms with Crippen LogP contribution in [0, 0.1) is 0 Å². The number of benzene rings is 2. The predicted molar refractivity (Wildman–Crippen MR) is 92.0 cm³/mol. The van der Waals surface area contributed by atoms with Gasteiger partial charge in [0, 0.05) is 11.3 Å². The third kappa shape index (κ3) is 2.96. The van der Waals surface area contributed by atoms with Crippen molar-refractivity contribution in [3.63, 3.8) is 0 Å². The average Bonchev–Trinajstić information content (AvgIpc) is 3.04. The highest BCUT2D eigenvalue weighted by molar-refractivity contribution is 5.94. The van der Waals surface area contributed by atoms with Crippen molar-refractivity contribution in [3.8, 4) is 5.75 Å². The molecule has 6 nitrogen and oxygen atoms in total. The number of ether oxygens (including phenoxy) is 1. The monoisotopic (exact) mass is 325 g/mol. The van der Waals surface area contributed by atoms with Gasteiger partial charge < -0.3 is 19.7 Å². The van der Waals surface area contributed by atoms with Crippen LogP contribution in [0.25, 0.3) is 11.0 Å². The zero-order valence-electron chi connectivity index (χ0n) is 13.6. The number of nitrogens with one attached hydrogen (secondary N) is 1. The van der Waals surface area contributed by atoms with Crippen molar-refractivity contribution >= 4 is 22.6 Å². The van der Waals surface area contributed by atoms with Crippen molar-refractivity contribution in [3.05, 3.63) is 54.4 Å². The van der Waals surface area contributed by atoms with Gasteiger partial charge in [-0.1, -0.05) is 12.1 Å². The van der Waals surface area contributed by atoms with E-state index in [-0.39, 0.29) is 12.5 Å². The number of fused-ring (bicyclic) bond motifs is 1. The minimum absolute atomic E-state index is 0.158. The molecule has 0 radical (unpaired) electrons. The van der Waals surface area contributed by atoms with E-state index in [1.165, 1.54) is 0 Å². The first kappa shape index (κ1) is 16.0. The van der Waals surface area contributed by atoms with Crippen LogP contribution in [0.4, 0.5) is 5.69 Å². The molecule has 0 aliphatic heterocycles. The van der Waals surface area contributed by atoms with Crippen LogP contribution in [0.1, 0.15) is 18.5 Å². The number of carbonyl (C=O) groups excluding carboxylic acids is 1. The Morgan fingerprint density at radius 1 is 1.33 bits per heavy atom. The topological polar surface area (TPSA) is 76.4 Å². The molecular formula is C18H19N3O3. The first-order chi connectivity index (χ1) is 11.6. The zero-order valence-corrected chi connectivity index (χ0v) is 13.6. The van der Waals surface area contributed by atoms with Crippen molar-refractivity contribution in [2.24, 2.45) is 0 Å². The number of nitrogens with zero attached hydrogens (tertiary/aromatic N) is 2. The second kappa shape index (κ2) is 6.72. The third-order valence-corrected chi connectivity index (χ3v) is 4.00. The highest BCUT2D eigenvalue weighted by Gasteiger charge is 2.17. The first-order valence-corrected chi connectivity index (χ1v) is 7.64. The van der Waals surface area contributed by atoms with E-state index in [2.05, 4.69) is 10.3 Å². The van der Waals surface area contributed by atoms with E-state index in [1.807, 2.05) is 35.8 Å². The Morgan fingerprint density at radius 2 is 2.12 bits per heavy atom. The van der Waals surface area contributed by atoms with Gasteiger partial charge in [-0.2, -0.15) is 0 Å². The molecule has 0 saturated heterocycles. The van der Waals surface area contributed by atoms with Crippen LogP contribution in [0.15, 0.2) is 48.8 Å². The highest BCUT2D eigenvalue weighted by atomic mass is 16.5. The Morgan fingerprint density at radius 3 is 2.88 bits per heavy atom. The summed E-state index contributed by atoms with van der Waals surface area (Å²) in [6, 6.07) is 12.4. The molecule has 1 amide bonds. The molecule has 0 bridgehead atoms. The molecule has 6 heteroatoms. The van der Waals surface area contributed by atoms with Gasteiger partial charge in [0.05, 0.1) is 31.1 Å². The fraction of sp³-hybridized carbons (Fsp3) is 0.222. The highest BCUT2D eigenvalue weighted by Crippen LogP contribution is 2.24. The Bertz CT molecular complexity index is 873. The van der Waals surface area contributed by atoms with Crippen LogP contribution < -0.4 is 10.1 Å². The van der Waals surface area contributed by atoms with Crippen LogP contribution in [-0.4, -0.2) is 27.7 Å². The lowest BCUT2D eigenvalue weighted by Gasteiger charge is -2.15. The van der Waals surface area contributed by atoms with Crippen LogP contribution in [0.3, 0.4) is 0 Å². The molecule has 24 heavy (non-hydrogen) atoms. The molecule has 3 rings (SSSR count). The third-order valence-electron chi connectivity index (χ3n) is 4.00. The van der Waals surface area contributed by atoms with Gasteiger partial charge in [-0.25, -0.2) is 4.98 Å². The van der Waals surface area contributed by atoms with Crippen molar-refractivity contribution < 1.29 is 14.6 Å². The molecule has 1 unspecified atom stereocenters. The van der Waals surface area contributed by atoms with Crippen LogP contribution in [-0.2, 0) is 11.4 Å². The number of aliphatic hydroxyl groups is 1. The normalized spacial score (nSPS) is 12.1. The number of aliphatic hydroxyl groups excluding tert-OH is 1. The van der Waals surface area contributed by atoms with Crippen molar-refractivity contribution in [2.45, 2.75) is 19.6 Å². The van der Waals surface area contributed by atoms with E-state index >= 15 is 0 Å². The number of aromatic nitrogens is 2. The maximum atomic E-state index is 12.6. The standard InChI is InChI=1S/C18H19N3O3/c1-12(21-11-19-15-5-3-4-6-16(15)21)18(23)20-14-7-8-17(24-2)13(9-14)10-22/h3-9,11-12,22H,10H2,1-2H3,(H,20,23). The fourth-order valence-electron chi connectivity index (χ4n) is 2.64. The Kier molecular flexibility index (Phi) is 4.48. The Labute approximate surface area is 139 Å². The van der Waals surface area contributed by atoms with Crippen LogP contribution >= 0.6 is 0 Å². The second-order valence-electron chi connectivity index (χ2n) is 5.49. The molecule has 0 saturated carbocycles. The number of para-hydroxylation sites is 2. The van der Waals surface area contributed by atoms with Crippen molar-refractivity contribution in [2.75, 3.05) is 12.4 Å². The maximum Gasteiger partial charge on any atom is 0.247 e. The molecule has 124 valence electrons. The van der Waals surface area contributed by atoms with Gasteiger partial charge in [0.1, 0.15) is 11.8 Å². The van der Waals surface area contributed by atoms with E-state index in [1.54, 1.807) is 31.6 Å². The largest absolute Gasteiger partial charge is 0.496 e. The molecule has 0 aliphatic rings. The van der Waals surface area contributed by atoms with E-state index < -0.39 is 6.04 Å². The smallest absolute Gasteiger partial charge is 0.247 e. The van der Waals surface area contributed by atoms with E-state index in [0.29, 0.717) is 17.0 Å². The van der Waals surface area contributed by atoms with Gasteiger partial charge in [0.25, 0.3) is 0 Å². The van der Waals surface area contributed by atoms with E-state index in [9.17, 15) is 9.90 Å². The SMILES string of the molecule is COc1ccc(NC(=O)C(C)n2cnc3ccccc32)cc1CO. The lowest BCUT2D eigenvalue weighted by molar-refractivity contribution is -0.118. The first-order valence-electron chi connectivity index (χ1n) is 7.64. The minimum Gasteiger partial charge on any atom is -0.496 e. The Hall–Kier alpha value is -2.86. The number of imidazole rings is 1. The average molecular weight is 325 g/mol. The molecule has 0 aliphatic carbocycles. The quantitative estimate of drug-likeness (QED) is 0.756. The van der Waals surface area contributed by atoms with E-state index in [0.717, 1.165) is 11.0 Å². The summed E-state index contributed by atoms with van der Waals surface area (Å²) in [5, 5.41) is 12.2. The summed E-state index contributed by atoms with van der Waals surface area (Å²) in [6.45, 7) is 1.66. The van der Waals surface area contributed by atoms with Gasteiger partial charge in [0.15, 0.2) is 0 Å². The van der Waals surface area contributed by atoms with Gasteiger partial charge in [-0.3, -0.25) is 4.79 Å². The number of carbonyl (C=O) groups is 1. The van der Waals surface area contributed by atoms with Crippen LogP contribution in [0.5, 0.6) is 5.75 Å². The molecule has 3 aromatic rings. The van der Waals surface area contributed by atoms with Gasteiger partial charge in [-0.05, 0) is 37.3 Å². The lowest BCUT2D eigenvalue weighted by Crippen LogP contribution is -2.23. The number of hydrogen-bond acceptors (Lipinski definition) is 4. The summed E-state index contributed by atoms with van der Waals surface area (Å²) in [4.78, 5) is 16.9. The molecule has 2 N–H and O–H groups in total. The molecule has 2 aromatic carbocycles. The summed E-state index contributed by atoms with van der Waals surface area (Å²) < 4.78 is 7.00. The minimum atomic E-state index is -0.419. The number of rotatable bonds is 5. The molecule has 1 heterocycles. The number of amides is 1. The Balaban J connectivity index is 1.82. The summed E-state index contributed by atoms with van der Waals surface area (Å²) in [5.74, 6) is 0.427. The number of anilines is 1. The molecule has 1 aromatic heterocycles. The number of hydrogen-bond donors (Lipinski definition) is 2. The van der Waals surface area contributed by atoms with Crippen molar-refractivity contribution in [1.29, 1.82) is 0 Å². The van der Waals surface area contributed by atoms with Gasteiger partial charge in [0.2, 0.25) is 5.91 Å². The molecule has 1 atom stereocenters. The lowest BCUT2D eigenvalue weighted by atomic mass is 10.1. The molecule has 0 fully saturated rings. The van der Waals surface area contributed by atoms with Crippen molar-refractivity contribution in [1.82, 2.24) is 9.55 Å². The van der Waals surface area contributed by atoms with E-state index in [4.69, 9.17) is 4.74 Å². The summed E-state index contributed by atoms with van der Waals surface area (Å²) in [6.07, 6.45) is 1.67. The second-order valence-corrected chi connectivity index (χ2v) is 5.49. The fourth-order valence-corrected chi connectivity index (χ4v) is 2.64. The van der Waals surface area contributed by atoms with Gasteiger partial charge >= 0.3 is 0 Å². The summed E-state index contributed by atoms with van der Waals surface area (Å²) in [5.41, 5.74) is 2.99. The summed E-state index contributed by atoms with van der Waals surface area (Å²) >= 11 is 0.